The van der Waals surface area contributed by atoms with Crippen LogP contribution in [0.1, 0.15) is 0 Å². The van der Waals surface area contributed by atoms with Gasteiger partial charge < -0.3 is 10.2 Å². The van der Waals surface area contributed by atoms with Gasteiger partial charge in [-0.25, -0.2) is 8.42 Å². The molecular weight excluding hydrogens is 236 g/mol. The van der Waals surface area contributed by atoms with Crippen molar-refractivity contribution in [2.75, 3.05) is 43.6 Å². The Morgan fingerprint density at radius 1 is 1.18 bits per heavy atom. The molecule has 0 amide bonds. The maximum atomic E-state index is 10.9. The molecule has 0 aromatic heterocycles. The Morgan fingerprint density at radius 3 is 2.41 bits per heavy atom. The average molecular weight is 256 g/mol. The van der Waals surface area contributed by atoms with Crippen molar-refractivity contribution in [3.8, 4) is 0 Å². The Bertz CT molecular complexity index is 417. The number of nitrogens with zero attached hydrogens (tertiary/aromatic N) is 1. The molecule has 5 heteroatoms. The molecule has 0 unspecified atom stereocenters. The van der Waals surface area contributed by atoms with Gasteiger partial charge in [0.15, 0.2) is 0 Å². The molecular formula is C12H20N2O2S. The number of nitrogens with one attached hydrogen (secondary N) is 1. The van der Waals surface area contributed by atoms with Crippen LogP contribution in [0.4, 0.5) is 5.69 Å². The van der Waals surface area contributed by atoms with E-state index in [9.17, 15) is 8.42 Å². The average Bonchev–Trinajstić information content (AvgIpc) is 2.28. The first-order valence-corrected chi connectivity index (χ1v) is 7.70. The molecule has 0 heterocycles. The predicted molar refractivity (Wildman–Crippen MR) is 72.3 cm³/mol. The molecule has 0 aliphatic carbocycles. The first kappa shape index (κ1) is 14.0. The van der Waals surface area contributed by atoms with E-state index in [4.69, 9.17) is 0 Å². The van der Waals surface area contributed by atoms with Gasteiger partial charge in [-0.3, -0.25) is 0 Å². The maximum absolute atomic E-state index is 10.9. The van der Waals surface area contributed by atoms with Gasteiger partial charge in [0.25, 0.3) is 0 Å². The SMILES string of the molecule is CN(CCNCCS(C)(=O)=O)c1ccccc1. The number of likely N-dealkylation sites (N-methyl/N-ethyl adjacent to an activating group) is 1. The van der Waals surface area contributed by atoms with Crippen molar-refractivity contribution in [1.82, 2.24) is 5.32 Å². The fraction of sp³-hybridized carbons (Fsp3) is 0.500. The molecule has 0 spiro atoms. The zero-order chi connectivity index (χ0) is 12.7. The zero-order valence-corrected chi connectivity index (χ0v) is 11.2. The normalized spacial score (nSPS) is 11.4. The number of hydrogen-bond donors (Lipinski definition) is 1. The Kier molecular flexibility index (Phi) is 5.44. The smallest absolute Gasteiger partial charge is 0.148 e. The molecule has 96 valence electrons. The molecule has 0 saturated carbocycles. The molecule has 1 rings (SSSR count). The largest absolute Gasteiger partial charge is 0.373 e. The van der Waals surface area contributed by atoms with Gasteiger partial charge in [-0.05, 0) is 12.1 Å². The standard InChI is InChI=1S/C12H20N2O2S/c1-14(12-6-4-3-5-7-12)10-8-13-9-11-17(2,15)16/h3-7,13H,8-11H2,1-2H3. The van der Waals surface area contributed by atoms with Gasteiger partial charge in [0.05, 0.1) is 5.75 Å². The van der Waals surface area contributed by atoms with Crippen LogP contribution in [-0.2, 0) is 9.84 Å². The Balaban J connectivity index is 2.19. The number of benzene rings is 1. The molecule has 0 atom stereocenters. The highest BCUT2D eigenvalue weighted by Crippen LogP contribution is 2.09. The molecule has 1 aromatic carbocycles. The van der Waals surface area contributed by atoms with Crippen LogP contribution >= 0.6 is 0 Å². The predicted octanol–water partition coefficient (Wildman–Crippen LogP) is 0.757. The number of anilines is 1. The molecule has 0 bridgehead atoms. The van der Waals surface area contributed by atoms with Crippen LogP contribution in [0, 0.1) is 0 Å². The van der Waals surface area contributed by atoms with Gasteiger partial charge in [0.1, 0.15) is 9.84 Å². The molecule has 4 nitrogen and oxygen atoms in total. The molecule has 17 heavy (non-hydrogen) atoms. The minimum absolute atomic E-state index is 0.196. The van der Waals surface area contributed by atoms with Crippen molar-refractivity contribution in [3.63, 3.8) is 0 Å². The summed E-state index contributed by atoms with van der Waals surface area (Å²) in [7, 11) is -0.832. The lowest BCUT2D eigenvalue weighted by atomic mass is 10.3. The summed E-state index contributed by atoms with van der Waals surface area (Å²) in [6.45, 7) is 2.15. The summed E-state index contributed by atoms with van der Waals surface area (Å²) in [6.07, 6.45) is 1.25. The molecule has 0 radical (unpaired) electrons. The van der Waals surface area contributed by atoms with E-state index in [0.717, 1.165) is 18.8 Å². The van der Waals surface area contributed by atoms with Crippen LogP contribution in [0.15, 0.2) is 30.3 Å². The summed E-state index contributed by atoms with van der Waals surface area (Å²) < 4.78 is 21.8. The second-order valence-electron chi connectivity index (χ2n) is 4.14. The summed E-state index contributed by atoms with van der Waals surface area (Å²) in [5, 5.41) is 3.12. The van der Waals surface area contributed by atoms with Gasteiger partial charge in [-0.1, -0.05) is 18.2 Å². The summed E-state index contributed by atoms with van der Waals surface area (Å²) >= 11 is 0. The van der Waals surface area contributed by atoms with Gasteiger partial charge in [-0.2, -0.15) is 0 Å². The first-order chi connectivity index (χ1) is 7.99. The van der Waals surface area contributed by atoms with Crippen LogP contribution < -0.4 is 10.2 Å². The lowest BCUT2D eigenvalue weighted by molar-refractivity contribution is 0.596. The van der Waals surface area contributed by atoms with Crippen LogP contribution in [0.25, 0.3) is 0 Å². The van der Waals surface area contributed by atoms with Crippen LogP contribution in [0.2, 0.25) is 0 Å². The third-order valence-corrected chi connectivity index (χ3v) is 3.42. The third kappa shape index (κ3) is 6.28. The second kappa shape index (κ2) is 6.61. The number of para-hydroxylation sites is 1. The number of rotatable bonds is 7. The van der Waals surface area contributed by atoms with Crippen molar-refractivity contribution in [3.05, 3.63) is 30.3 Å². The van der Waals surface area contributed by atoms with Crippen LogP contribution in [-0.4, -0.2) is 47.1 Å². The monoisotopic (exact) mass is 256 g/mol. The fourth-order valence-corrected chi connectivity index (χ4v) is 1.96. The number of sulfone groups is 1. The summed E-state index contributed by atoms with van der Waals surface area (Å²) in [5.74, 6) is 0.196. The first-order valence-electron chi connectivity index (χ1n) is 5.64. The third-order valence-electron chi connectivity index (χ3n) is 2.47. The van der Waals surface area contributed by atoms with E-state index in [-0.39, 0.29) is 5.75 Å². The van der Waals surface area contributed by atoms with Gasteiger partial charge >= 0.3 is 0 Å². The Morgan fingerprint density at radius 2 is 1.82 bits per heavy atom. The Labute approximate surface area is 104 Å². The fourth-order valence-electron chi connectivity index (χ4n) is 1.44. The minimum atomic E-state index is -2.85. The molecule has 0 fully saturated rings. The van der Waals surface area contributed by atoms with Crippen molar-refractivity contribution >= 4 is 15.5 Å². The van der Waals surface area contributed by atoms with Crippen LogP contribution in [0.5, 0.6) is 0 Å². The van der Waals surface area contributed by atoms with Crippen LogP contribution in [0.3, 0.4) is 0 Å². The van der Waals surface area contributed by atoms with Gasteiger partial charge in [-0.15, -0.1) is 0 Å². The van der Waals surface area contributed by atoms with Crippen molar-refractivity contribution in [1.29, 1.82) is 0 Å². The van der Waals surface area contributed by atoms with E-state index in [0.29, 0.717) is 6.54 Å². The highest BCUT2D eigenvalue weighted by Gasteiger charge is 2.01. The lowest BCUT2D eigenvalue weighted by Gasteiger charge is -2.19. The lowest BCUT2D eigenvalue weighted by Crippen LogP contribution is -2.31. The summed E-state index contributed by atoms with van der Waals surface area (Å²) in [6, 6.07) is 10.1. The van der Waals surface area contributed by atoms with E-state index in [1.54, 1.807) is 0 Å². The second-order valence-corrected chi connectivity index (χ2v) is 6.40. The van der Waals surface area contributed by atoms with Gasteiger partial charge in [0.2, 0.25) is 0 Å². The van der Waals surface area contributed by atoms with Crippen molar-refractivity contribution < 1.29 is 8.42 Å². The molecule has 0 saturated heterocycles. The maximum Gasteiger partial charge on any atom is 0.148 e. The Hall–Kier alpha value is -1.07. The van der Waals surface area contributed by atoms with E-state index < -0.39 is 9.84 Å². The summed E-state index contributed by atoms with van der Waals surface area (Å²) in [4.78, 5) is 2.13. The molecule has 1 aromatic rings. The van der Waals surface area contributed by atoms with Crippen molar-refractivity contribution in [2.45, 2.75) is 0 Å². The minimum Gasteiger partial charge on any atom is -0.373 e. The van der Waals surface area contributed by atoms with E-state index in [1.807, 2.05) is 25.2 Å². The zero-order valence-electron chi connectivity index (χ0n) is 10.4. The quantitative estimate of drug-likeness (QED) is 0.732. The molecule has 0 aliphatic heterocycles. The topological polar surface area (TPSA) is 49.4 Å². The van der Waals surface area contributed by atoms with Gasteiger partial charge in [0, 0.05) is 38.6 Å². The summed E-state index contributed by atoms with van der Waals surface area (Å²) in [5.41, 5.74) is 1.16. The molecule has 0 aliphatic rings. The van der Waals surface area contributed by atoms with E-state index >= 15 is 0 Å². The molecule has 1 N–H and O–H groups in total. The van der Waals surface area contributed by atoms with E-state index in [1.165, 1.54) is 6.26 Å². The highest BCUT2D eigenvalue weighted by molar-refractivity contribution is 7.90. The number of hydrogen-bond acceptors (Lipinski definition) is 4. The van der Waals surface area contributed by atoms with Crippen molar-refractivity contribution in [2.24, 2.45) is 0 Å². The van der Waals surface area contributed by atoms with E-state index in [2.05, 4.69) is 22.3 Å². The highest BCUT2D eigenvalue weighted by atomic mass is 32.2.